The van der Waals surface area contributed by atoms with E-state index in [9.17, 15) is 4.79 Å². The Balaban J connectivity index is 2.38. The molecular weight excluding hydrogens is 192 g/mol. The molecule has 0 amide bonds. The van der Waals surface area contributed by atoms with Crippen molar-refractivity contribution in [1.82, 2.24) is 0 Å². The third kappa shape index (κ3) is 1.75. The van der Waals surface area contributed by atoms with Crippen LogP contribution < -0.4 is 0 Å². The Kier molecular flexibility index (Phi) is 2.46. The van der Waals surface area contributed by atoms with Gasteiger partial charge in [0.1, 0.15) is 6.29 Å². The summed E-state index contributed by atoms with van der Waals surface area (Å²) in [6, 6.07) is 11.9. The number of benzene rings is 1. The number of hydrogen-bond acceptors (Lipinski definition) is 2. The van der Waals surface area contributed by atoms with Crippen LogP contribution in [0.5, 0.6) is 0 Å². The summed E-state index contributed by atoms with van der Waals surface area (Å²) >= 11 is 1.77. The van der Waals surface area contributed by atoms with Gasteiger partial charge in [0.05, 0.1) is 0 Å². The summed E-state index contributed by atoms with van der Waals surface area (Å²) in [5, 5.41) is 0. The maximum atomic E-state index is 10.5. The first-order valence-corrected chi connectivity index (χ1v) is 5.23. The Bertz CT molecular complexity index is 440. The second-order valence-corrected chi connectivity index (χ2v) is 4.44. The van der Waals surface area contributed by atoms with E-state index >= 15 is 0 Å². The van der Waals surface area contributed by atoms with Gasteiger partial charge in [-0.3, -0.25) is 4.79 Å². The van der Waals surface area contributed by atoms with Gasteiger partial charge in [0.25, 0.3) is 0 Å². The molecule has 0 radical (unpaired) electrons. The maximum Gasteiger partial charge on any atom is 0.150 e. The van der Waals surface area contributed by atoms with E-state index in [0.717, 1.165) is 11.8 Å². The van der Waals surface area contributed by atoms with E-state index in [1.54, 1.807) is 11.3 Å². The molecule has 2 heteroatoms. The first-order chi connectivity index (χ1) is 6.79. The highest BCUT2D eigenvalue weighted by molar-refractivity contribution is 7.15. The van der Waals surface area contributed by atoms with Crippen LogP contribution in [-0.4, -0.2) is 6.29 Å². The smallest absolute Gasteiger partial charge is 0.150 e. The van der Waals surface area contributed by atoms with Crippen LogP contribution in [0, 0.1) is 6.92 Å². The molecule has 0 spiro atoms. The van der Waals surface area contributed by atoms with Crippen LogP contribution in [0.3, 0.4) is 0 Å². The van der Waals surface area contributed by atoms with Crippen LogP contribution in [0.2, 0.25) is 0 Å². The molecule has 0 aliphatic rings. The molecule has 1 aromatic heterocycles. The van der Waals surface area contributed by atoms with Crippen molar-refractivity contribution in [2.75, 3.05) is 0 Å². The number of carbonyl (C=O) groups is 1. The van der Waals surface area contributed by atoms with Gasteiger partial charge >= 0.3 is 0 Å². The molecule has 0 aliphatic heterocycles. The van der Waals surface area contributed by atoms with Crippen LogP contribution in [0.4, 0.5) is 0 Å². The number of aryl methyl sites for hydroxylation is 1. The van der Waals surface area contributed by atoms with Crippen molar-refractivity contribution in [1.29, 1.82) is 0 Å². The van der Waals surface area contributed by atoms with Gasteiger partial charge in [0, 0.05) is 15.3 Å². The highest BCUT2D eigenvalue weighted by Gasteiger charge is 1.99. The quantitative estimate of drug-likeness (QED) is 0.681. The summed E-state index contributed by atoms with van der Waals surface area (Å²) in [4.78, 5) is 13.0. The van der Waals surface area contributed by atoms with Gasteiger partial charge in [-0.1, -0.05) is 24.3 Å². The summed E-state index contributed by atoms with van der Waals surface area (Å²) in [6.07, 6.45) is 0.865. The van der Waals surface area contributed by atoms with Gasteiger partial charge < -0.3 is 0 Å². The SMILES string of the molecule is Cc1ccc(-c2ccc(C=O)cc2)s1. The summed E-state index contributed by atoms with van der Waals surface area (Å²) < 4.78 is 0. The Morgan fingerprint density at radius 1 is 1.07 bits per heavy atom. The summed E-state index contributed by atoms with van der Waals surface area (Å²) in [5.74, 6) is 0. The van der Waals surface area contributed by atoms with E-state index in [-0.39, 0.29) is 0 Å². The second-order valence-electron chi connectivity index (χ2n) is 3.15. The number of rotatable bonds is 2. The van der Waals surface area contributed by atoms with E-state index in [2.05, 4.69) is 19.1 Å². The molecule has 0 unspecified atom stereocenters. The minimum atomic E-state index is 0.724. The molecule has 2 aromatic rings. The monoisotopic (exact) mass is 202 g/mol. The standard InChI is InChI=1S/C12H10OS/c1-9-2-7-12(14-9)11-5-3-10(8-13)4-6-11/h2-8H,1H3. The predicted octanol–water partition coefficient (Wildman–Crippen LogP) is 3.54. The lowest BCUT2D eigenvalue weighted by Gasteiger charge is -1.96. The minimum absolute atomic E-state index is 0.724. The second kappa shape index (κ2) is 3.76. The highest BCUT2D eigenvalue weighted by Crippen LogP contribution is 2.27. The van der Waals surface area contributed by atoms with E-state index < -0.39 is 0 Å². The molecule has 0 fully saturated rings. The largest absolute Gasteiger partial charge is 0.298 e. The van der Waals surface area contributed by atoms with E-state index in [0.29, 0.717) is 0 Å². The Hall–Kier alpha value is -1.41. The van der Waals surface area contributed by atoms with Crippen LogP contribution in [0.15, 0.2) is 36.4 Å². The van der Waals surface area contributed by atoms with Crippen LogP contribution >= 0.6 is 11.3 Å². The first-order valence-electron chi connectivity index (χ1n) is 4.41. The average molecular weight is 202 g/mol. The number of thiophene rings is 1. The maximum absolute atomic E-state index is 10.5. The molecule has 14 heavy (non-hydrogen) atoms. The molecular formula is C12H10OS. The number of aldehydes is 1. The molecule has 0 atom stereocenters. The fraction of sp³-hybridized carbons (Fsp3) is 0.0833. The van der Waals surface area contributed by atoms with Crippen molar-refractivity contribution in [3.8, 4) is 10.4 Å². The van der Waals surface area contributed by atoms with Crippen molar-refractivity contribution in [3.63, 3.8) is 0 Å². The van der Waals surface area contributed by atoms with Gasteiger partial charge in [-0.15, -0.1) is 11.3 Å². The molecule has 0 aliphatic carbocycles. The van der Waals surface area contributed by atoms with Crippen LogP contribution in [0.1, 0.15) is 15.2 Å². The van der Waals surface area contributed by atoms with Gasteiger partial charge in [0.2, 0.25) is 0 Å². The number of hydrogen-bond donors (Lipinski definition) is 0. The zero-order valence-electron chi connectivity index (χ0n) is 7.86. The Morgan fingerprint density at radius 2 is 1.79 bits per heavy atom. The topological polar surface area (TPSA) is 17.1 Å². The van der Waals surface area contributed by atoms with Crippen molar-refractivity contribution >= 4 is 17.6 Å². The average Bonchev–Trinajstić information content (AvgIpc) is 2.65. The molecule has 0 N–H and O–H groups in total. The molecule has 70 valence electrons. The molecule has 0 bridgehead atoms. The zero-order chi connectivity index (χ0) is 9.97. The lowest BCUT2D eigenvalue weighted by molar-refractivity contribution is 0.112. The normalized spacial score (nSPS) is 10.1. The molecule has 1 heterocycles. The minimum Gasteiger partial charge on any atom is -0.298 e. The molecule has 2 rings (SSSR count). The van der Waals surface area contributed by atoms with Gasteiger partial charge in [0.15, 0.2) is 0 Å². The highest BCUT2D eigenvalue weighted by atomic mass is 32.1. The first kappa shape index (κ1) is 9.16. The van der Waals surface area contributed by atoms with Crippen molar-refractivity contribution < 1.29 is 4.79 Å². The Labute approximate surface area is 87.0 Å². The zero-order valence-corrected chi connectivity index (χ0v) is 8.67. The van der Waals surface area contributed by atoms with Crippen molar-refractivity contribution in [2.24, 2.45) is 0 Å². The molecule has 0 saturated carbocycles. The lowest BCUT2D eigenvalue weighted by Crippen LogP contribution is -1.78. The van der Waals surface area contributed by atoms with Gasteiger partial charge in [-0.2, -0.15) is 0 Å². The lowest BCUT2D eigenvalue weighted by atomic mass is 10.1. The molecule has 1 nitrogen and oxygen atoms in total. The molecule has 0 saturated heterocycles. The van der Waals surface area contributed by atoms with Gasteiger partial charge in [-0.05, 0) is 24.6 Å². The summed E-state index contributed by atoms with van der Waals surface area (Å²) in [5.41, 5.74) is 1.90. The summed E-state index contributed by atoms with van der Waals surface area (Å²) in [7, 11) is 0. The summed E-state index contributed by atoms with van der Waals surface area (Å²) in [6.45, 7) is 2.09. The van der Waals surface area contributed by atoms with Gasteiger partial charge in [-0.25, -0.2) is 0 Å². The van der Waals surface area contributed by atoms with Crippen molar-refractivity contribution in [3.05, 3.63) is 46.8 Å². The van der Waals surface area contributed by atoms with E-state index in [4.69, 9.17) is 0 Å². The van der Waals surface area contributed by atoms with Crippen molar-refractivity contribution in [2.45, 2.75) is 6.92 Å². The van der Waals surface area contributed by atoms with E-state index in [1.165, 1.54) is 15.3 Å². The molecule has 1 aromatic carbocycles. The fourth-order valence-corrected chi connectivity index (χ4v) is 2.19. The third-order valence-electron chi connectivity index (χ3n) is 2.07. The fourth-order valence-electron chi connectivity index (χ4n) is 1.32. The van der Waals surface area contributed by atoms with Crippen LogP contribution in [0.25, 0.3) is 10.4 Å². The van der Waals surface area contributed by atoms with E-state index in [1.807, 2.05) is 24.3 Å². The Morgan fingerprint density at radius 3 is 2.29 bits per heavy atom. The number of carbonyl (C=O) groups excluding carboxylic acids is 1. The van der Waals surface area contributed by atoms with Crippen LogP contribution in [-0.2, 0) is 0 Å². The predicted molar refractivity (Wildman–Crippen MR) is 59.9 cm³/mol. The third-order valence-corrected chi connectivity index (χ3v) is 3.12.